The summed E-state index contributed by atoms with van der Waals surface area (Å²) in [7, 11) is 0. The molecule has 0 saturated carbocycles. The van der Waals surface area contributed by atoms with E-state index in [0.29, 0.717) is 12.5 Å². The van der Waals surface area contributed by atoms with Gasteiger partial charge in [-0.1, -0.05) is 0 Å². The molecule has 0 aliphatic carbocycles. The van der Waals surface area contributed by atoms with Crippen molar-refractivity contribution in [2.45, 2.75) is 51.4 Å². The van der Waals surface area contributed by atoms with Crippen LogP contribution in [0, 0.1) is 0 Å². The minimum Gasteiger partial charge on any atom is -0.372 e. The Kier molecular flexibility index (Phi) is 5.19. The minimum absolute atomic E-state index is 0.153. The Morgan fingerprint density at radius 3 is 2.37 bits per heavy atom. The number of carbonyl (C=O) groups excluding carboxylic acids is 1. The Morgan fingerprint density at radius 1 is 1.21 bits per heavy atom. The van der Waals surface area contributed by atoms with Gasteiger partial charge in [-0.2, -0.15) is 0 Å². The number of ether oxygens (including phenoxy) is 1. The van der Waals surface area contributed by atoms with Gasteiger partial charge in [0, 0.05) is 32.1 Å². The first-order valence-corrected chi connectivity index (χ1v) is 7.45. The maximum Gasteiger partial charge on any atom is 0.224 e. The molecule has 0 unspecified atom stereocenters. The van der Waals surface area contributed by atoms with Crippen LogP contribution in [0.25, 0.3) is 0 Å². The maximum absolute atomic E-state index is 12.2. The molecule has 2 heterocycles. The van der Waals surface area contributed by atoms with Crippen LogP contribution in [0.3, 0.4) is 0 Å². The van der Waals surface area contributed by atoms with E-state index in [4.69, 9.17) is 10.5 Å². The van der Waals surface area contributed by atoms with Crippen LogP contribution in [0.2, 0.25) is 0 Å². The molecular weight excluding hydrogens is 242 g/mol. The van der Waals surface area contributed by atoms with Crippen molar-refractivity contribution in [2.24, 2.45) is 5.73 Å². The summed E-state index contributed by atoms with van der Waals surface area (Å²) in [5, 5.41) is 0. The predicted molar refractivity (Wildman–Crippen MR) is 74.9 cm³/mol. The van der Waals surface area contributed by atoms with Crippen molar-refractivity contribution in [3.05, 3.63) is 0 Å². The lowest BCUT2D eigenvalue weighted by Crippen LogP contribution is -2.49. The summed E-state index contributed by atoms with van der Waals surface area (Å²) in [6, 6.07) is 0.355. The van der Waals surface area contributed by atoms with Crippen molar-refractivity contribution in [3.63, 3.8) is 0 Å². The third-order valence-corrected chi connectivity index (χ3v) is 4.05. The topological polar surface area (TPSA) is 58.8 Å². The van der Waals surface area contributed by atoms with Crippen LogP contribution in [-0.4, -0.2) is 66.7 Å². The molecular formula is C14H27N3O2. The van der Waals surface area contributed by atoms with Gasteiger partial charge in [-0.05, 0) is 39.8 Å². The number of rotatable bonds is 3. The van der Waals surface area contributed by atoms with Gasteiger partial charge >= 0.3 is 0 Å². The molecule has 0 aromatic carbocycles. The summed E-state index contributed by atoms with van der Waals surface area (Å²) in [5.74, 6) is 0.261. The summed E-state index contributed by atoms with van der Waals surface area (Å²) in [4.78, 5) is 16.5. The number of nitrogens with two attached hydrogens (primary N) is 1. The molecule has 5 nitrogen and oxygen atoms in total. The van der Waals surface area contributed by atoms with Crippen molar-refractivity contribution in [2.75, 3.05) is 32.7 Å². The number of amides is 1. The molecule has 0 aromatic heterocycles. The highest BCUT2D eigenvalue weighted by Crippen LogP contribution is 2.13. The van der Waals surface area contributed by atoms with E-state index in [1.54, 1.807) is 0 Å². The lowest BCUT2D eigenvalue weighted by atomic mass is 10.1. The van der Waals surface area contributed by atoms with Crippen molar-refractivity contribution in [3.8, 4) is 0 Å². The van der Waals surface area contributed by atoms with Crippen LogP contribution in [0.4, 0.5) is 0 Å². The van der Waals surface area contributed by atoms with Gasteiger partial charge in [0.25, 0.3) is 0 Å². The van der Waals surface area contributed by atoms with Crippen LogP contribution in [0.5, 0.6) is 0 Å². The molecule has 0 radical (unpaired) electrons. The Bertz CT molecular complexity index is 293. The lowest BCUT2D eigenvalue weighted by Gasteiger charge is -2.36. The first kappa shape index (κ1) is 14.8. The summed E-state index contributed by atoms with van der Waals surface area (Å²) < 4.78 is 5.65. The monoisotopic (exact) mass is 269 g/mol. The molecule has 0 bridgehead atoms. The van der Waals surface area contributed by atoms with Crippen molar-refractivity contribution < 1.29 is 9.53 Å². The van der Waals surface area contributed by atoms with E-state index in [1.165, 1.54) is 0 Å². The molecule has 5 heteroatoms. The van der Waals surface area contributed by atoms with Gasteiger partial charge in [-0.3, -0.25) is 4.79 Å². The Labute approximate surface area is 116 Å². The number of likely N-dealkylation sites (tertiary alicyclic amines) is 1. The van der Waals surface area contributed by atoms with Gasteiger partial charge in [-0.25, -0.2) is 0 Å². The highest BCUT2D eigenvalue weighted by atomic mass is 16.5. The van der Waals surface area contributed by atoms with Gasteiger partial charge in [0.05, 0.1) is 12.2 Å². The zero-order valence-corrected chi connectivity index (χ0v) is 12.2. The fraction of sp³-hybridized carbons (Fsp3) is 0.929. The standard InChI is InChI=1S/C14H27N3O2/c1-11-9-17(10-12(2)19-11)14(18)5-8-16-6-3-13(15)4-7-16/h11-13H,3-10,15H2,1-2H3/t11-,12+. The van der Waals surface area contributed by atoms with E-state index in [-0.39, 0.29) is 18.1 Å². The van der Waals surface area contributed by atoms with E-state index in [0.717, 1.165) is 45.6 Å². The van der Waals surface area contributed by atoms with Crippen molar-refractivity contribution in [1.29, 1.82) is 0 Å². The van der Waals surface area contributed by atoms with Gasteiger partial charge in [0.1, 0.15) is 0 Å². The first-order valence-electron chi connectivity index (χ1n) is 7.45. The second kappa shape index (κ2) is 6.68. The number of hydrogen-bond acceptors (Lipinski definition) is 4. The fourth-order valence-corrected chi connectivity index (χ4v) is 2.97. The molecule has 2 saturated heterocycles. The molecule has 2 atom stereocenters. The molecule has 1 amide bonds. The molecule has 0 aromatic rings. The zero-order chi connectivity index (χ0) is 13.8. The summed E-state index contributed by atoms with van der Waals surface area (Å²) in [6.07, 6.45) is 3.04. The van der Waals surface area contributed by atoms with Crippen molar-refractivity contribution in [1.82, 2.24) is 9.80 Å². The number of hydrogen-bond donors (Lipinski definition) is 1. The SMILES string of the molecule is C[C@@H]1CN(C(=O)CCN2CCC(N)CC2)C[C@H](C)O1. The fourth-order valence-electron chi connectivity index (χ4n) is 2.97. The third-order valence-electron chi connectivity index (χ3n) is 4.05. The van der Waals surface area contributed by atoms with E-state index < -0.39 is 0 Å². The van der Waals surface area contributed by atoms with Crippen LogP contribution in [0.15, 0.2) is 0 Å². The minimum atomic E-state index is 0.153. The van der Waals surface area contributed by atoms with Gasteiger partial charge < -0.3 is 20.3 Å². The van der Waals surface area contributed by atoms with E-state index in [1.807, 2.05) is 18.7 Å². The lowest BCUT2D eigenvalue weighted by molar-refractivity contribution is -0.143. The van der Waals surface area contributed by atoms with E-state index in [9.17, 15) is 4.79 Å². The molecule has 110 valence electrons. The highest BCUT2D eigenvalue weighted by Gasteiger charge is 2.26. The highest BCUT2D eigenvalue weighted by molar-refractivity contribution is 5.76. The largest absolute Gasteiger partial charge is 0.372 e. The Hall–Kier alpha value is -0.650. The van der Waals surface area contributed by atoms with Crippen LogP contribution in [0.1, 0.15) is 33.1 Å². The van der Waals surface area contributed by atoms with Crippen LogP contribution in [-0.2, 0) is 9.53 Å². The first-order chi connectivity index (χ1) is 9.04. The second-order valence-corrected chi connectivity index (χ2v) is 5.99. The zero-order valence-electron chi connectivity index (χ0n) is 12.2. The quantitative estimate of drug-likeness (QED) is 0.807. The number of piperidine rings is 1. The van der Waals surface area contributed by atoms with Crippen LogP contribution >= 0.6 is 0 Å². The van der Waals surface area contributed by atoms with E-state index in [2.05, 4.69) is 4.90 Å². The number of carbonyl (C=O) groups is 1. The van der Waals surface area contributed by atoms with Gasteiger partial charge in [0.15, 0.2) is 0 Å². The van der Waals surface area contributed by atoms with Gasteiger partial charge in [-0.15, -0.1) is 0 Å². The molecule has 2 aliphatic rings. The molecule has 19 heavy (non-hydrogen) atoms. The molecule has 0 spiro atoms. The van der Waals surface area contributed by atoms with E-state index >= 15 is 0 Å². The average molecular weight is 269 g/mol. The second-order valence-electron chi connectivity index (χ2n) is 5.99. The Balaban J connectivity index is 1.72. The maximum atomic E-state index is 12.2. The predicted octanol–water partition coefficient (Wildman–Crippen LogP) is 0.435. The Morgan fingerprint density at radius 2 is 1.79 bits per heavy atom. The molecule has 2 fully saturated rings. The summed E-state index contributed by atoms with van der Waals surface area (Å²) in [6.45, 7) is 8.45. The van der Waals surface area contributed by atoms with Gasteiger partial charge in [0.2, 0.25) is 5.91 Å². The smallest absolute Gasteiger partial charge is 0.224 e. The number of nitrogens with zero attached hydrogens (tertiary/aromatic N) is 2. The molecule has 2 rings (SSSR count). The summed E-state index contributed by atoms with van der Waals surface area (Å²) in [5.41, 5.74) is 5.88. The molecule has 2 aliphatic heterocycles. The van der Waals surface area contributed by atoms with Crippen LogP contribution < -0.4 is 5.73 Å². The normalized spacial score (nSPS) is 30.6. The van der Waals surface area contributed by atoms with Crippen molar-refractivity contribution >= 4 is 5.91 Å². The number of morpholine rings is 1. The summed E-state index contributed by atoms with van der Waals surface area (Å²) >= 11 is 0. The molecule has 2 N–H and O–H groups in total. The third kappa shape index (κ3) is 4.44. The average Bonchev–Trinajstić information content (AvgIpc) is 2.36.